The number of nitrogens with zero attached hydrogens (tertiary/aromatic N) is 2. The Kier molecular flexibility index (Phi) is 10.5. The summed E-state index contributed by atoms with van der Waals surface area (Å²) in [4.78, 5) is 42.6. The van der Waals surface area contributed by atoms with E-state index in [0.717, 1.165) is 37.7 Å². The number of pyridine rings is 1. The second kappa shape index (κ2) is 14.6. The first-order valence-electron chi connectivity index (χ1n) is 17.0. The van der Waals surface area contributed by atoms with Crippen molar-refractivity contribution in [3.8, 4) is 0 Å². The molecular formula is C38H46N2O5S2. The van der Waals surface area contributed by atoms with Gasteiger partial charge in [0.25, 0.3) is 0 Å². The standard InChI is InChI=1S/C38H46N2O5S2/c1-37-17-14-29(45-36(44)16-20-46-47-25-34(41)40(24-35(42)43)23-26-7-4-3-5-8-26)21-28(37)10-11-30-32-13-12-31(27-9-6-19-39-22-27)38(32,2)18-15-33(30)37/h3-10,12,19,22,29-30,32-33H,11,13-18,20-21,23-25H2,1-2H3,(H,42,43)/t29?,30?,32?,33-,37?,38?/m0/s1. The van der Waals surface area contributed by atoms with Crippen LogP contribution in [0.4, 0.5) is 0 Å². The smallest absolute Gasteiger partial charge is 0.323 e. The molecule has 9 heteroatoms. The number of amides is 1. The Hall–Kier alpha value is -3.04. The van der Waals surface area contributed by atoms with Crippen LogP contribution in [-0.2, 0) is 25.7 Å². The number of esters is 1. The number of carboxylic acids is 1. The van der Waals surface area contributed by atoms with Gasteiger partial charge in [-0.1, -0.05) is 89.6 Å². The minimum atomic E-state index is -1.04. The van der Waals surface area contributed by atoms with Gasteiger partial charge in [0.15, 0.2) is 0 Å². The first kappa shape index (κ1) is 33.8. The molecule has 4 aliphatic carbocycles. The molecule has 6 atom stereocenters. The summed E-state index contributed by atoms with van der Waals surface area (Å²) >= 11 is 0. The number of fused-ring (bicyclic) bond motifs is 5. The van der Waals surface area contributed by atoms with Gasteiger partial charge < -0.3 is 14.7 Å². The molecular weight excluding hydrogens is 629 g/mol. The summed E-state index contributed by atoms with van der Waals surface area (Å²) < 4.78 is 5.99. The minimum Gasteiger partial charge on any atom is -0.480 e. The molecule has 2 aromatic rings. The second-order valence-corrected chi connectivity index (χ2v) is 16.7. The van der Waals surface area contributed by atoms with Crippen LogP contribution < -0.4 is 0 Å². The van der Waals surface area contributed by atoms with Crippen molar-refractivity contribution < 1.29 is 24.2 Å². The first-order chi connectivity index (χ1) is 22.7. The summed E-state index contributed by atoms with van der Waals surface area (Å²) in [7, 11) is 2.81. The number of carbonyl (C=O) groups excluding carboxylic acids is 2. The van der Waals surface area contributed by atoms with Crippen LogP contribution in [0.25, 0.3) is 5.57 Å². The van der Waals surface area contributed by atoms with Gasteiger partial charge in [0.1, 0.15) is 12.6 Å². The maximum absolute atomic E-state index is 12.8. The van der Waals surface area contributed by atoms with Gasteiger partial charge in [-0.05, 0) is 89.9 Å². The lowest BCUT2D eigenvalue weighted by atomic mass is 9.47. The van der Waals surface area contributed by atoms with Crippen LogP contribution in [0.5, 0.6) is 0 Å². The monoisotopic (exact) mass is 674 g/mol. The Morgan fingerprint density at radius 3 is 2.55 bits per heavy atom. The lowest BCUT2D eigenvalue weighted by molar-refractivity contribution is -0.150. The third kappa shape index (κ3) is 7.36. The molecule has 0 aliphatic heterocycles. The third-order valence-electron chi connectivity index (χ3n) is 11.5. The normalized spacial score (nSPS) is 29.4. The zero-order valence-electron chi connectivity index (χ0n) is 27.4. The van der Waals surface area contributed by atoms with E-state index in [1.165, 1.54) is 56.0 Å². The van der Waals surface area contributed by atoms with E-state index < -0.39 is 5.97 Å². The molecule has 4 aliphatic rings. The number of rotatable bonds is 12. The molecule has 1 heterocycles. The lowest BCUT2D eigenvalue weighted by Gasteiger charge is -2.57. The largest absolute Gasteiger partial charge is 0.480 e. The number of aromatic nitrogens is 1. The fraction of sp³-hybridized carbons (Fsp3) is 0.526. The molecule has 0 spiro atoms. The number of hydrogen-bond acceptors (Lipinski definition) is 7. The topological polar surface area (TPSA) is 96.8 Å². The van der Waals surface area contributed by atoms with Crippen LogP contribution in [0, 0.1) is 28.6 Å². The van der Waals surface area contributed by atoms with E-state index in [4.69, 9.17) is 4.74 Å². The Morgan fingerprint density at radius 2 is 1.79 bits per heavy atom. The molecule has 1 aromatic heterocycles. The maximum Gasteiger partial charge on any atom is 0.323 e. The van der Waals surface area contributed by atoms with E-state index in [2.05, 4.69) is 43.1 Å². The number of allylic oxidation sites excluding steroid dienone is 3. The van der Waals surface area contributed by atoms with Crippen LogP contribution >= 0.6 is 21.6 Å². The molecule has 1 aromatic carbocycles. The fourth-order valence-corrected chi connectivity index (χ4v) is 11.0. The van der Waals surface area contributed by atoms with Gasteiger partial charge in [-0.3, -0.25) is 19.4 Å². The SMILES string of the molecule is CC12CC[C@H]3C(CC=C4CC(OC(=O)CCSSCC(=O)N(CC(=O)O)Cc5ccccc5)CCC43C)C1CC=C2c1cccnc1. The molecule has 0 radical (unpaired) electrons. The number of benzene rings is 1. The molecule has 0 bridgehead atoms. The number of aliphatic carboxylic acids is 1. The van der Waals surface area contributed by atoms with E-state index >= 15 is 0 Å². The molecule has 0 saturated heterocycles. The van der Waals surface area contributed by atoms with Crippen molar-refractivity contribution in [3.63, 3.8) is 0 Å². The highest BCUT2D eigenvalue weighted by atomic mass is 33.1. The summed E-state index contributed by atoms with van der Waals surface area (Å²) in [5.41, 5.74) is 5.55. The lowest BCUT2D eigenvalue weighted by Crippen LogP contribution is -2.50. The highest BCUT2D eigenvalue weighted by Gasteiger charge is 2.57. The minimum absolute atomic E-state index is 0.0700. The number of hydrogen-bond donors (Lipinski definition) is 1. The van der Waals surface area contributed by atoms with Crippen LogP contribution in [0.3, 0.4) is 0 Å². The molecule has 7 nitrogen and oxygen atoms in total. The van der Waals surface area contributed by atoms with Crippen LogP contribution in [-0.4, -0.2) is 57.0 Å². The molecule has 5 unspecified atom stereocenters. The Labute approximate surface area is 286 Å². The summed E-state index contributed by atoms with van der Waals surface area (Å²) in [6.07, 6.45) is 16.6. The van der Waals surface area contributed by atoms with E-state index in [9.17, 15) is 19.5 Å². The second-order valence-electron chi connectivity index (χ2n) is 14.1. The van der Waals surface area contributed by atoms with Gasteiger partial charge in [-0.15, -0.1) is 0 Å². The van der Waals surface area contributed by atoms with Crippen molar-refractivity contribution in [1.29, 1.82) is 0 Å². The van der Waals surface area contributed by atoms with Crippen molar-refractivity contribution in [2.75, 3.05) is 18.1 Å². The van der Waals surface area contributed by atoms with Crippen LogP contribution in [0.2, 0.25) is 0 Å². The van der Waals surface area contributed by atoms with Gasteiger partial charge >= 0.3 is 11.9 Å². The van der Waals surface area contributed by atoms with Crippen molar-refractivity contribution in [1.82, 2.24) is 9.88 Å². The average Bonchev–Trinajstić information content (AvgIpc) is 3.42. The molecule has 2 fully saturated rings. The van der Waals surface area contributed by atoms with E-state index in [-0.39, 0.29) is 47.7 Å². The van der Waals surface area contributed by atoms with Crippen molar-refractivity contribution in [2.24, 2.45) is 28.6 Å². The average molecular weight is 675 g/mol. The highest BCUT2D eigenvalue weighted by molar-refractivity contribution is 8.76. The van der Waals surface area contributed by atoms with E-state index in [1.807, 2.05) is 42.7 Å². The van der Waals surface area contributed by atoms with Crippen molar-refractivity contribution in [2.45, 2.75) is 77.9 Å². The predicted molar refractivity (Wildman–Crippen MR) is 188 cm³/mol. The van der Waals surface area contributed by atoms with Gasteiger partial charge in [-0.25, -0.2) is 0 Å². The van der Waals surface area contributed by atoms with E-state index in [1.54, 1.807) is 0 Å². The fourth-order valence-electron chi connectivity index (χ4n) is 9.08. The summed E-state index contributed by atoms with van der Waals surface area (Å²) in [6, 6.07) is 13.6. The summed E-state index contributed by atoms with van der Waals surface area (Å²) in [5.74, 6) is 1.26. The summed E-state index contributed by atoms with van der Waals surface area (Å²) in [6.45, 7) is 4.89. The quantitative estimate of drug-likeness (QED) is 0.105. The zero-order chi connectivity index (χ0) is 33.0. The third-order valence-corrected chi connectivity index (χ3v) is 13.7. The van der Waals surface area contributed by atoms with Crippen molar-refractivity contribution >= 4 is 45.0 Å². The highest BCUT2D eigenvalue weighted by Crippen LogP contribution is 2.66. The maximum atomic E-state index is 12.8. The molecule has 1 amide bonds. The number of ether oxygens (including phenoxy) is 1. The molecule has 2 saturated carbocycles. The van der Waals surface area contributed by atoms with Crippen LogP contribution in [0.1, 0.15) is 76.3 Å². The first-order valence-corrected chi connectivity index (χ1v) is 19.4. The number of carbonyl (C=O) groups is 3. The Morgan fingerprint density at radius 1 is 0.979 bits per heavy atom. The van der Waals surface area contributed by atoms with Gasteiger partial charge in [0.2, 0.25) is 5.91 Å². The van der Waals surface area contributed by atoms with Crippen LogP contribution in [0.15, 0.2) is 72.6 Å². The summed E-state index contributed by atoms with van der Waals surface area (Å²) in [5, 5.41) is 9.27. The molecule has 250 valence electrons. The predicted octanol–water partition coefficient (Wildman–Crippen LogP) is 7.83. The van der Waals surface area contributed by atoms with Gasteiger partial charge in [0.05, 0.1) is 12.2 Å². The van der Waals surface area contributed by atoms with Gasteiger partial charge in [0, 0.05) is 31.1 Å². The Bertz CT molecular complexity index is 1510. The molecule has 47 heavy (non-hydrogen) atoms. The van der Waals surface area contributed by atoms with E-state index in [0.29, 0.717) is 29.9 Å². The Balaban J connectivity index is 0.956. The number of carboxylic acid groups (broad SMARTS) is 1. The zero-order valence-corrected chi connectivity index (χ0v) is 29.1. The molecule has 1 N–H and O–H groups in total. The van der Waals surface area contributed by atoms with Crippen molar-refractivity contribution in [3.05, 3.63) is 83.7 Å². The molecule has 6 rings (SSSR count). The van der Waals surface area contributed by atoms with Gasteiger partial charge in [-0.2, -0.15) is 0 Å².